The molecule has 0 spiro atoms. The molecule has 184 valence electrons. The minimum absolute atomic E-state index is 0.0657. The number of hydrogen-bond donors (Lipinski definition) is 2. The summed E-state index contributed by atoms with van der Waals surface area (Å²) in [4.78, 5) is 22.2. The van der Waals surface area contributed by atoms with Gasteiger partial charge in [0.25, 0.3) is 5.56 Å². The highest BCUT2D eigenvalue weighted by Gasteiger charge is 2.28. The van der Waals surface area contributed by atoms with E-state index in [0.717, 1.165) is 18.7 Å². The van der Waals surface area contributed by atoms with Gasteiger partial charge in [-0.05, 0) is 77.8 Å². The van der Waals surface area contributed by atoms with Crippen molar-refractivity contribution in [2.45, 2.75) is 65.2 Å². The molecule has 0 saturated heterocycles. The van der Waals surface area contributed by atoms with E-state index < -0.39 is 5.67 Å². The molecule has 0 atom stereocenters. The van der Waals surface area contributed by atoms with Crippen LogP contribution < -0.4 is 16.2 Å². The van der Waals surface area contributed by atoms with Crippen LogP contribution >= 0.6 is 0 Å². The van der Waals surface area contributed by atoms with E-state index in [0.29, 0.717) is 17.0 Å². The van der Waals surface area contributed by atoms with Crippen LogP contribution in [-0.2, 0) is 17.6 Å². The molecule has 1 aliphatic rings. The largest absolute Gasteiger partial charge is 0.356 e. The van der Waals surface area contributed by atoms with Crippen LogP contribution in [0.3, 0.4) is 0 Å². The minimum atomic E-state index is -1.71. The second-order valence-electron chi connectivity index (χ2n) is 10.3. The van der Waals surface area contributed by atoms with Gasteiger partial charge in [0.1, 0.15) is 5.39 Å². The Balaban J connectivity index is 1.59. The van der Waals surface area contributed by atoms with Gasteiger partial charge in [0, 0.05) is 29.5 Å². The van der Waals surface area contributed by atoms with Crippen LogP contribution in [0.2, 0.25) is 0 Å². The van der Waals surface area contributed by atoms with Gasteiger partial charge in [-0.15, -0.1) is 0 Å². The number of hydrogen-bond acceptors (Lipinski definition) is 7. The molecule has 9 nitrogen and oxygen atoms in total. The lowest BCUT2D eigenvalue weighted by molar-refractivity contribution is 0.163. The van der Waals surface area contributed by atoms with Gasteiger partial charge in [0.15, 0.2) is 22.9 Å². The lowest BCUT2D eigenvalue weighted by atomic mass is 9.85. The van der Waals surface area contributed by atoms with Crippen LogP contribution in [0.5, 0.6) is 0 Å². The van der Waals surface area contributed by atoms with E-state index in [1.807, 2.05) is 19.9 Å². The van der Waals surface area contributed by atoms with E-state index in [9.17, 15) is 9.18 Å². The molecule has 35 heavy (non-hydrogen) atoms. The summed E-state index contributed by atoms with van der Waals surface area (Å²) in [6.45, 7) is 11.8. The van der Waals surface area contributed by atoms with Crippen molar-refractivity contribution in [1.29, 1.82) is 0 Å². The van der Waals surface area contributed by atoms with Crippen LogP contribution in [0.1, 0.15) is 64.5 Å². The molecule has 4 heterocycles. The summed E-state index contributed by atoms with van der Waals surface area (Å²) in [6, 6.07) is 7.52. The monoisotopic (exact) mass is 479 g/mol. The maximum atomic E-state index is 14.5. The van der Waals surface area contributed by atoms with Gasteiger partial charge < -0.3 is 15.2 Å². The maximum absolute atomic E-state index is 14.5. The minimum Gasteiger partial charge on any atom is -0.356 e. The molecule has 0 saturated carbocycles. The number of alkyl halides is 1. The molecule has 1 aromatic carbocycles. The third-order valence-corrected chi connectivity index (χ3v) is 6.41. The van der Waals surface area contributed by atoms with E-state index in [4.69, 9.17) is 4.52 Å². The Morgan fingerprint density at radius 1 is 1.26 bits per heavy atom. The van der Waals surface area contributed by atoms with Gasteiger partial charge in [0.2, 0.25) is 5.95 Å². The fraction of sp³-hybridized carbons (Fsp3) is 0.440. The van der Waals surface area contributed by atoms with Crippen LogP contribution in [0.25, 0.3) is 16.9 Å². The molecule has 3 aromatic heterocycles. The van der Waals surface area contributed by atoms with Crippen molar-refractivity contribution in [2.24, 2.45) is 0 Å². The molecule has 0 aliphatic carbocycles. The number of nitrogens with one attached hydrogen (secondary N) is 2. The SMILES string of the molecule is CC(C)n1c(=O)c2cnc(Nc3ccc4c(c3)CCNC4(C)C)nc2n1-c1cc(C(C)(C)F)on1. The zero-order chi connectivity index (χ0) is 25.1. The van der Waals surface area contributed by atoms with Crippen molar-refractivity contribution >= 4 is 22.7 Å². The smallest absolute Gasteiger partial charge is 0.278 e. The molecule has 0 unspecified atom stereocenters. The molecule has 0 bridgehead atoms. The quantitative estimate of drug-likeness (QED) is 0.435. The summed E-state index contributed by atoms with van der Waals surface area (Å²) in [6.07, 6.45) is 2.44. The number of benzene rings is 1. The highest BCUT2D eigenvalue weighted by atomic mass is 19.1. The molecule has 4 aromatic rings. The van der Waals surface area contributed by atoms with E-state index in [1.165, 1.54) is 41.9 Å². The highest BCUT2D eigenvalue weighted by Crippen LogP contribution is 2.31. The van der Waals surface area contributed by atoms with E-state index in [2.05, 4.69) is 51.7 Å². The Bertz CT molecular complexity index is 1470. The Morgan fingerprint density at radius 2 is 2.03 bits per heavy atom. The second kappa shape index (κ2) is 8.01. The fourth-order valence-corrected chi connectivity index (χ4v) is 4.61. The zero-order valence-electron chi connectivity index (χ0n) is 20.8. The van der Waals surface area contributed by atoms with E-state index in [-0.39, 0.29) is 28.7 Å². The summed E-state index contributed by atoms with van der Waals surface area (Å²) in [5.41, 5.74) is 1.71. The Kier molecular flexibility index (Phi) is 5.32. The Hall–Kier alpha value is -3.53. The lowest BCUT2D eigenvalue weighted by Gasteiger charge is -2.34. The molecule has 1 aliphatic heterocycles. The average Bonchev–Trinajstić information content (AvgIpc) is 3.36. The van der Waals surface area contributed by atoms with Crippen LogP contribution in [0.15, 0.2) is 39.8 Å². The summed E-state index contributed by atoms with van der Waals surface area (Å²) in [5.74, 6) is 0.686. The summed E-state index contributed by atoms with van der Waals surface area (Å²) in [5, 5.41) is 11.2. The van der Waals surface area contributed by atoms with Gasteiger partial charge >= 0.3 is 0 Å². The van der Waals surface area contributed by atoms with Gasteiger partial charge in [-0.2, -0.15) is 4.98 Å². The first-order valence-electron chi connectivity index (χ1n) is 11.8. The highest BCUT2D eigenvalue weighted by molar-refractivity contribution is 5.77. The Labute approximate surface area is 202 Å². The van der Waals surface area contributed by atoms with Crippen LogP contribution in [-0.4, -0.2) is 31.0 Å². The normalized spacial score (nSPS) is 15.5. The third-order valence-electron chi connectivity index (χ3n) is 6.41. The first-order chi connectivity index (χ1) is 16.5. The summed E-state index contributed by atoms with van der Waals surface area (Å²) in [7, 11) is 0. The lowest BCUT2D eigenvalue weighted by Crippen LogP contribution is -2.42. The van der Waals surface area contributed by atoms with Gasteiger partial charge in [-0.3, -0.25) is 4.79 Å². The predicted octanol–water partition coefficient (Wildman–Crippen LogP) is 4.48. The molecule has 0 amide bonds. The first-order valence-corrected chi connectivity index (χ1v) is 11.8. The van der Waals surface area contributed by atoms with E-state index in [1.54, 1.807) is 4.68 Å². The van der Waals surface area contributed by atoms with Crippen molar-refractivity contribution in [3.8, 4) is 5.82 Å². The van der Waals surface area contributed by atoms with Crippen molar-refractivity contribution in [3.63, 3.8) is 0 Å². The van der Waals surface area contributed by atoms with Crippen LogP contribution in [0.4, 0.5) is 16.0 Å². The molecule has 2 N–H and O–H groups in total. The molecule has 10 heteroatoms. The van der Waals surface area contributed by atoms with E-state index >= 15 is 0 Å². The number of halogens is 1. The van der Waals surface area contributed by atoms with Crippen molar-refractivity contribution in [1.82, 2.24) is 29.8 Å². The number of fused-ring (bicyclic) bond motifs is 2. The maximum Gasteiger partial charge on any atom is 0.278 e. The molecular formula is C25H30FN7O2. The summed E-state index contributed by atoms with van der Waals surface area (Å²) < 4.78 is 22.8. The van der Waals surface area contributed by atoms with Gasteiger partial charge in [-0.25, -0.2) is 18.7 Å². The standard InChI is InChI=1S/C25H30FN7O2/c1-14(2)32-22(34)17-13-27-23(29-16-7-8-18-15(11-16)9-10-28-25(18,5)6)30-21(17)33(32)20-12-19(35-31-20)24(3,4)26/h7-8,11-14,28H,9-10H2,1-6H3,(H,27,29,30). The Morgan fingerprint density at radius 3 is 2.71 bits per heavy atom. The third kappa shape index (κ3) is 4.01. The second-order valence-corrected chi connectivity index (χ2v) is 10.3. The zero-order valence-corrected chi connectivity index (χ0v) is 20.8. The first kappa shape index (κ1) is 23.2. The van der Waals surface area contributed by atoms with Gasteiger partial charge in [-0.1, -0.05) is 11.2 Å². The van der Waals surface area contributed by atoms with Crippen LogP contribution in [0, 0.1) is 0 Å². The summed E-state index contributed by atoms with van der Waals surface area (Å²) >= 11 is 0. The van der Waals surface area contributed by atoms with Crippen molar-refractivity contribution in [2.75, 3.05) is 11.9 Å². The predicted molar refractivity (Wildman–Crippen MR) is 132 cm³/mol. The number of aromatic nitrogens is 5. The molecular weight excluding hydrogens is 449 g/mol. The van der Waals surface area contributed by atoms with Gasteiger partial charge in [0.05, 0.1) is 0 Å². The topological polar surface area (TPSA) is 103 Å². The van der Waals surface area contributed by atoms with Crippen molar-refractivity contribution < 1.29 is 8.91 Å². The number of nitrogens with zero attached hydrogens (tertiary/aromatic N) is 5. The average molecular weight is 480 g/mol. The molecule has 0 radical (unpaired) electrons. The number of rotatable bonds is 5. The molecule has 0 fully saturated rings. The fourth-order valence-electron chi connectivity index (χ4n) is 4.61. The van der Waals surface area contributed by atoms with Crippen molar-refractivity contribution in [3.05, 3.63) is 57.7 Å². The number of anilines is 2. The molecule has 5 rings (SSSR count).